The van der Waals surface area contributed by atoms with Gasteiger partial charge in [-0.25, -0.2) is 4.79 Å². The third kappa shape index (κ3) is 2.85. The molecule has 1 aliphatic heterocycles. The highest BCUT2D eigenvalue weighted by atomic mass is 16.5. The first kappa shape index (κ1) is 15.7. The number of hydrogen-bond acceptors (Lipinski definition) is 5. The average Bonchev–Trinajstić information content (AvgIpc) is 2.77. The van der Waals surface area contributed by atoms with Crippen molar-refractivity contribution in [1.82, 2.24) is 10.2 Å². The summed E-state index contributed by atoms with van der Waals surface area (Å²) in [5.41, 5.74) is 1.43. The van der Waals surface area contributed by atoms with E-state index >= 15 is 0 Å². The Morgan fingerprint density at radius 2 is 2.14 bits per heavy atom. The summed E-state index contributed by atoms with van der Waals surface area (Å²) < 4.78 is 5.58. The van der Waals surface area contributed by atoms with Crippen LogP contribution in [0.5, 0.6) is 0 Å². The lowest BCUT2D eigenvalue weighted by atomic mass is 9.93. The fourth-order valence-corrected chi connectivity index (χ4v) is 2.76. The molecule has 116 valence electrons. The third-order valence-corrected chi connectivity index (χ3v) is 4.35. The molecular formula is C15H23N3O3. The van der Waals surface area contributed by atoms with Gasteiger partial charge in [-0.2, -0.15) is 5.10 Å². The summed E-state index contributed by atoms with van der Waals surface area (Å²) >= 11 is 0. The van der Waals surface area contributed by atoms with Gasteiger partial charge in [0.05, 0.1) is 17.3 Å². The zero-order valence-corrected chi connectivity index (χ0v) is 13.1. The minimum Gasteiger partial charge on any atom is -0.478 e. The van der Waals surface area contributed by atoms with Crippen molar-refractivity contribution < 1.29 is 14.6 Å². The molecule has 0 aromatic carbocycles. The van der Waals surface area contributed by atoms with Gasteiger partial charge >= 0.3 is 5.97 Å². The molecule has 21 heavy (non-hydrogen) atoms. The number of ether oxygens (including phenoxy) is 1. The van der Waals surface area contributed by atoms with Gasteiger partial charge in [0.15, 0.2) is 5.82 Å². The van der Waals surface area contributed by atoms with Crippen LogP contribution in [-0.4, -0.2) is 39.5 Å². The third-order valence-electron chi connectivity index (χ3n) is 4.35. The zero-order chi connectivity index (χ0) is 15.6. The molecule has 2 unspecified atom stereocenters. The summed E-state index contributed by atoms with van der Waals surface area (Å²) in [5.74, 6) is -0.620. The summed E-state index contributed by atoms with van der Waals surface area (Å²) in [7, 11) is 0. The van der Waals surface area contributed by atoms with Crippen LogP contribution in [0, 0.1) is 0 Å². The Balaban J connectivity index is 2.46. The molecule has 1 saturated heterocycles. The maximum absolute atomic E-state index is 11.7. The highest BCUT2D eigenvalue weighted by molar-refractivity contribution is 5.95. The van der Waals surface area contributed by atoms with E-state index in [1.54, 1.807) is 0 Å². The quantitative estimate of drug-likeness (QED) is 0.866. The number of hydrogen-bond donors (Lipinski definition) is 2. The monoisotopic (exact) mass is 293 g/mol. The molecule has 0 saturated carbocycles. The number of nitrogens with one attached hydrogen (secondary N) is 1. The van der Waals surface area contributed by atoms with E-state index in [-0.39, 0.29) is 17.2 Å². The van der Waals surface area contributed by atoms with Crippen LogP contribution in [0.15, 0.2) is 0 Å². The smallest absolute Gasteiger partial charge is 0.339 e. The van der Waals surface area contributed by atoms with Crippen LogP contribution in [-0.2, 0) is 17.6 Å². The van der Waals surface area contributed by atoms with Crippen LogP contribution < -0.4 is 5.32 Å². The molecule has 0 aliphatic carbocycles. The predicted molar refractivity (Wildman–Crippen MR) is 79.8 cm³/mol. The van der Waals surface area contributed by atoms with Gasteiger partial charge in [-0.15, -0.1) is 5.10 Å². The first-order valence-electron chi connectivity index (χ1n) is 7.44. The highest BCUT2D eigenvalue weighted by Crippen LogP contribution is 2.31. The molecule has 6 heteroatoms. The summed E-state index contributed by atoms with van der Waals surface area (Å²) in [6.45, 7) is 8.56. The van der Waals surface area contributed by atoms with Crippen LogP contribution in [0.3, 0.4) is 0 Å². The van der Waals surface area contributed by atoms with Crippen molar-refractivity contribution in [2.75, 3.05) is 11.9 Å². The fourth-order valence-electron chi connectivity index (χ4n) is 2.76. The van der Waals surface area contributed by atoms with Crippen molar-refractivity contribution in [3.63, 3.8) is 0 Å². The van der Waals surface area contributed by atoms with Crippen LogP contribution in [0.1, 0.15) is 55.7 Å². The number of aromatic carboxylic acids is 1. The van der Waals surface area contributed by atoms with Crippen LogP contribution in [0.2, 0.25) is 0 Å². The van der Waals surface area contributed by atoms with E-state index in [1.165, 1.54) is 0 Å². The van der Waals surface area contributed by atoms with Crippen molar-refractivity contribution in [2.24, 2.45) is 0 Å². The Morgan fingerprint density at radius 3 is 2.62 bits per heavy atom. The van der Waals surface area contributed by atoms with Crippen LogP contribution in [0.25, 0.3) is 0 Å². The molecule has 2 rings (SSSR count). The number of rotatable bonds is 5. The molecule has 0 spiro atoms. The maximum Gasteiger partial charge on any atom is 0.339 e. The molecule has 2 heterocycles. The number of carbonyl (C=O) groups is 1. The number of aryl methyl sites for hydroxylation is 1. The molecule has 1 aromatic heterocycles. The van der Waals surface area contributed by atoms with Gasteiger partial charge in [0.25, 0.3) is 0 Å². The Kier molecular flexibility index (Phi) is 4.46. The lowest BCUT2D eigenvalue weighted by Crippen LogP contribution is -2.42. The van der Waals surface area contributed by atoms with Crippen LogP contribution in [0.4, 0.5) is 5.82 Å². The number of carboxylic acid groups (broad SMARTS) is 1. The number of nitrogens with zero attached hydrogens (tertiary/aromatic N) is 2. The molecule has 0 bridgehead atoms. The maximum atomic E-state index is 11.7. The van der Waals surface area contributed by atoms with Crippen molar-refractivity contribution in [1.29, 1.82) is 0 Å². The molecule has 2 atom stereocenters. The first-order chi connectivity index (χ1) is 9.92. The number of aromatic nitrogens is 2. The van der Waals surface area contributed by atoms with Crippen molar-refractivity contribution in [2.45, 2.75) is 58.6 Å². The Labute approximate surface area is 124 Å². The lowest BCUT2D eigenvalue weighted by molar-refractivity contribution is 0.0695. The number of anilines is 1. The van der Waals surface area contributed by atoms with Gasteiger partial charge in [0.1, 0.15) is 5.56 Å². The van der Waals surface area contributed by atoms with Gasteiger partial charge in [-0.05, 0) is 38.7 Å². The molecule has 1 aromatic rings. The van der Waals surface area contributed by atoms with Gasteiger partial charge < -0.3 is 15.2 Å². The second-order valence-corrected chi connectivity index (χ2v) is 5.67. The van der Waals surface area contributed by atoms with E-state index in [9.17, 15) is 9.90 Å². The fraction of sp³-hybridized carbons (Fsp3) is 0.667. The van der Waals surface area contributed by atoms with Crippen LogP contribution >= 0.6 is 0 Å². The summed E-state index contributed by atoms with van der Waals surface area (Å²) in [4.78, 5) is 11.7. The summed E-state index contributed by atoms with van der Waals surface area (Å²) in [5, 5.41) is 21.2. The van der Waals surface area contributed by atoms with E-state index in [4.69, 9.17) is 4.74 Å². The van der Waals surface area contributed by atoms with Crippen molar-refractivity contribution >= 4 is 11.8 Å². The molecule has 6 nitrogen and oxygen atoms in total. The van der Waals surface area contributed by atoms with E-state index < -0.39 is 5.97 Å². The van der Waals surface area contributed by atoms with E-state index in [0.717, 1.165) is 17.7 Å². The molecule has 0 radical (unpaired) electrons. The molecule has 0 amide bonds. The molecule has 1 aliphatic rings. The normalized spacial score (nSPS) is 25.0. The van der Waals surface area contributed by atoms with Crippen molar-refractivity contribution in [3.05, 3.63) is 16.8 Å². The van der Waals surface area contributed by atoms with Gasteiger partial charge in [-0.1, -0.05) is 13.8 Å². The minimum atomic E-state index is -0.964. The van der Waals surface area contributed by atoms with Gasteiger partial charge in [0, 0.05) is 6.61 Å². The zero-order valence-electron chi connectivity index (χ0n) is 13.1. The predicted octanol–water partition coefficient (Wildman–Crippen LogP) is 2.28. The van der Waals surface area contributed by atoms with E-state index in [0.29, 0.717) is 25.3 Å². The minimum absolute atomic E-state index is 0.00290. The first-order valence-corrected chi connectivity index (χ1v) is 7.44. The molecule has 2 N–H and O–H groups in total. The second-order valence-electron chi connectivity index (χ2n) is 5.67. The Hall–Kier alpha value is -1.69. The molecular weight excluding hydrogens is 270 g/mol. The highest BCUT2D eigenvalue weighted by Gasteiger charge is 2.38. The largest absolute Gasteiger partial charge is 0.478 e. The topological polar surface area (TPSA) is 84.3 Å². The summed E-state index contributed by atoms with van der Waals surface area (Å²) in [6, 6.07) is 0. The van der Waals surface area contributed by atoms with E-state index in [1.807, 2.05) is 27.7 Å². The summed E-state index contributed by atoms with van der Waals surface area (Å²) in [6.07, 6.45) is 2.11. The van der Waals surface area contributed by atoms with Gasteiger partial charge in [-0.3, -0.25) is 0 Å². The van der Waals surface area contributed by atoms with Gasteiger partial charge in [0.2, 0.25) is 0 Å². The lowest BCUT2D eigenvalue weighted by Gasteiger charge is -2.30. The average molecular weight is 293 g/mol. The SMILES string of the molecule is CCc1nnc(NC2(C)CCOC2C)c(C(=O)O)c1CC. The number of carboxylic acids is 1. The Morgan fingerprint density at radius 1 is 1.43 bits per heavy atom. The van der Waals surface area contributed by atoms with Crippen molar-refractivity contribution in [3.8, 4) is 0 Å². The van der Waals surface area contributed by atoms with E-state index in [2.05, 4.69) is 15.5 Å². The molecule has 1 fully saturated rings. The second kappa shape index (κ2) is 5.97. The Bertz CT molecular complexity index is 547. The standard InChI is InChI=1S/C15H23N3O3/c1-5-10-11(6-2)17-18-13(12(10)14(19)20)16-15(4)7-8-21-9(15)3/h9H,5-8H2,1-4H3,(H,16,18)(H,19,20).